The highest BCUT2D eigenvalue weighted by molar-refractivity contribution is 5.91. The van der Waals surface area contributed by atoms with E-state index in [0.29, 0.717) is 13.1 Å². The Morgan fingerprint density at radius 2 is 1.83 bits per heavy atom. The van der Waals surface area contributed by atoms with Gasteiger partial charge in [-0.2, -0.15) is 0 Å². The van der Waals surface area contributed by atoms with Crippen molar-refractivity contribution < 1.29 is 4.79 Å². The second-order valence-electron chi connectivity index (χ2n) is 5.62. The van der Waals surface area contributed by atoms with Gasteiger partial charge in [0.2, 0.25) is 5.91 Å². The van der Waals surface area contributed by atoms with Crippen molar-refractivity contribution in [2.24, 2.45) is 0 Å². The van der Waals surface area contributed by atoms with E-state index >= 15 is 0 Å². The van der Waals surface area contributed by atoms with Crippen LogP contribution in [0.5, 0.6) is 0 Å². The number of aryl methyl sites for hydroxylation is 1. The standard InChI is InChI=1S/C18H20N4O/c1-15-2-4-16(5-3-15)6-7-18(23)22-12-10-21(11-13-22)17-14-19-8-9-20-17/h2-9,14H,10-13H2,1H3/b7-6+. The van der Waals surface area contributed by atoms with E-state index in [-0.39, 0.29) is 5.91 Å². The highest BCUT2D eigenvalue weighted by atomic mass is 16.2. The summed E-state index contributed by atoms with van der Waals surface area (Å²) in [5.74, 6) is 0.930. The zero-order valence-electron chi connectivity index (χ0n) is 13.2. The highest BCUT2D eigenvalue weighted by Crippen LogP contribution is 2.12. The average Bonchev–Trinajstić information content (AvgIpc) is 2.62. The normalized spacial score (nSPS) is 15.2. The molecule has 0 unspecified atom stereocenters. The number of hydrogen-bond acceptors (Lipinski definition) is 4. The van der Waals surface area contributed by atoms with Crippen LogP contribution in [0.15, 0.2) is 48.9 Å². The SMILES string of the molecule is Cc1ccc(/C=C/C(=O)N2CCN(c3cnccn3)CC2)cc1. The maximum atomic E-state index is 12.3. The molecule has 0 bridgehead atoms. The molecule has 3 rings (SSSR count). The van der Waals surface area contributed by atoms with Gasteiger partial charge in [0, 0.05) is 44.6 Å². The lowest BCUT2D eigenvalue weighted by Gasteiger charge is -2.34. The number of nitrogens with zero attached hydrogens (tertiary/aromatic N) is 4. The molecule has 5 heteroatoms. The molecule has 1 aliphatic rings. The van der Waals surface area contributed by atoms with Crippen LogP contribution in [0.25, 0.3) is 6.08 Å². The third-order valence-electron chi connectivity index (χ3n) is 3.96. The summed E-state index contributed by atoms with van der Waals surface area (Å²) in [7, 11) is 0. The monoisotopic (exact) mass is 308 g/mol. The van der Waals surface area contributed by atoms with Crippen molar-refractivity contribution in [1.29, 1.82) is 0 Å². The van der Waals surface area contributed by atoms with Crippen LogP contribution < -0.4 is 4.90 Å². The Morgan fingerprint density at radius 1 is 1.09 bits per heavy atom. The number of carbonyl (C=O) groups excluding carboxylic acids is 1. The number of hydrogen-bond donors (Lipinski definition) is 0. The van der Waals surface area contributed by atoms with Gasteiger partial charge >= 0.3 is 0 Å². The van der Waals surface area contributed by atoms with E-state index < -0.39 is 0 Å². The quantitative estimate of drug-likeness (QED) is 0.815. The van der Waals surface area contributed by atoms with Crippen molar-refractivity contribution in [3.05, 3.63) is 60.1 Å². The Bertz CT molecular complexity index is 674. The van der Waals surface area contributed by atoms with Gasteiger partial charge in [-0.25, -0.2) is 4.98 Å². The largest absolute Gasteiger partial charge is 0.352 e. The van der Waals surface area contributed by atoms with E-state index in [4.69, 9.17) is 0 Å². The first-order valence-corrected chi connectivity index (χ1v) is 7.77. The molecule has 1 aromatic heterocycles. The summed E-state index contributed by atoms with van der Waals surface area (Å²) in [6, 6.07) is 8.13. The Labute approximate surface area is 136 Å². The maximum Gasteiger partial charge on any atom is 0.246 e. The first-order valence-electron chi connectivity index (χ1n) is 7.77. The Morgan fingerprint density at radius 3 is 2.48 bits per heavy atom. The van der Waals surface area contributed by atoms with E-state index in [1.54, 1.807) is 24.7 Å². The van der Waals surface area contributed by atoms with Gasteiger partial charge < -0.3 is 9.80 Å². The molecule has 1 aromatic carbocycles. The first-order chi connectivity index (χ1) is 11.2. The topological polar surface area (TPSA) is 49.3 Å². The zero-order chi connectivity index (χ0) is 16.1. The van der Waals surface area contributed by atoms with Gasteiger partial charge in [-0.1, -0.05) is 29.8 Å². The highest BCUT2D eigenvalue weighted by Gasteiger charge is 2.20. The molecule has 0 aliphatic carbocycles. The van der Waals surface area contributed by atoms with E-state index in [1.807, 2.05) is 35.2 Å². The molecule has 0 saturated carbocycles. The van der Waals surface area contributed by atoms with Crippen LogP contribution in [0.4, 0.5) is 5.82 Å². The predicted octanol–water partition coefficient (Wildman–Crippen LogP) is 2.15. The maximum absolute atomic E-state index is 12.3. The summed E-state index contributed by atoms with van der Waals surface area (Å²) in [6.07, 6.45) is 8.64. The molecule has 0 N–H and O–H groups in total. The van der Waals surface area contributed by atoms with Crippen molar-refractivity contribution in [3.63, 3.8) is 0 Å². The lowest BCUT2D eigenvalue weighted by atomic mass is 10.1. The molecule has 118 valence electrons. The summed E-state index contributed by atoms with van der Waals surface area (Å²) in [5, 5.41) is 0. The molecule has 5 nitrogen and oxygen atoms in total. The minimum absolute atomic E-state index is 0.0596. The summed E-state index contributed by atoms with van der Waals surface area (Å²) in [5.41, 5.74) is 2.26. The number of benzene rings is 1. The minimum Gasteiger partial charge on any atom is -0.352 e. The summed E-state index contributed by atoms with van der Waals surface area (Å²) in [4.78, 5) is 24.7. The lowest BCUT2D eigenvalue weighted by Crippen LogP contribution is -2.48. The van der Waals surface area contributed by atoms with Crippen LogP contribution in [0.1, 0.15) is 11.1 Å². The van der Waals surface area contributed by atoms with E-state index in [2.05, 4.69) is 21.8 Å². The van der Waals surface area contributed by atoms with Gasteiger partial charge in [0.15, 0.2) is 0 Å². The fourth-order valence-electron chi connectivity index (χ4n) is 2.56. The van der Waals surface area contributed by atoms with E-state index in [0.717, 1.165) is 24.5 Å². The van der Waals surface area contributed by atoms with Gasteiger partial charge in [0.1, 0.15) is 5.82 Å². The molecule has 23 heavy (non-hydrogen) atoms. The number of carbonyl (C=O) groups is 1. The molecule has 1 fully saturated rings. The molecule has 0 radical (unpaired) electrons. The van der Waals surface area contributed by atoms with Crippen LogP contribution in [0.3, 0.4) is 0 Å². The second kappa shape index (κ2) is 7.05. The van der Waals surface area contributed by atoms with Crippen molar-refractivity contribution in [2.45, 2.75) is 6.92 Å². The van der Waals surface area contributed by atoms with Gasteiger partial charge in [0.25, 0.3) is 0 Å². The van der Waals surface area contributed by atoms with Gasteiger partial charge in [0.05, 0.1) is 6.20 Å². The molecule has 0 spiro atoms. The van der Waals surface area contributed by atoms with Crippen LogP contribution in [-0.4, -0.2) is 47.0 Å². The predicted molar refractivity (Wildman–Crippen MR) is 91.0 cm³/mol. The molecule has 0 atom stereocenters. The molecule has 2 heterocycles. The van der Waals surface area contributed by atoms with Crippen LogP contribution in [0, 0.1) is 6.92 Å². The van der Waals surface area contributed by atoms with Crippen molar-refractivity contribution >= 4 is 17.8 Å². The molecule has 2 aromatic rings. The number of rotatable bonds is 3. The van der Waals surface area contributed by atoms with Gasteiger partial charge in [-0.3, -0.25) is 9.78 Å². The van der Waals surface area contributed by atoms with Crippen molar-refractivity contribution in [2.75, 3.05) is 31.1 Å². The van der Waals surface area contributed by atoms with Crippen molar-refractivity contribution in [1.82, 2.24) is 14.9 Å². The fourth-order valence-corrected chi connectivity index (χ4v) is 2.56. The number of piperazine rings is 1. The third-order valence-corrected chi connectivity index (χ3v) is 3.96. The molecule has 1 aliphatic heterocycles. The minimum atomic E-state index is 0.0596. The van der Waals surface area contributed by atoms with Crippen LogP contribution in [-0.2, 0) is 4.79 Å². The van der Waals surface area contributed by atoms with Crippen molar-refractivity contribution in [3.8, 4) is 0 Å². The Kier molecular flexibility index (Phi) is 4.66. The zero-order valence-corrected chi connectivity index (χ0v) is 13.2. The first kappa shape index (κ1) is 15.2. The van der Waals surface area contributed by atoms with Gasteiger partial charge in [-0.15, -0.1) is 0 Å². The summed E-state index contributed by atoms with van der Waals surface area (Å²) >= 11 is 0. The Balaban J connectivity index is 1.55. The molecule has 1 saturated heterocycles. The second-order valence-corrected chi connectivity index (χ2v) is 5.62. The number of aromatic nitrogens is 2. The number of amides is 1. The molecular formula is C18H20N4O. The average molecular weight is 308 g/mol. The van der Waals surface area contributed by atoms with E-state index in [9.17, 15) is 4.79 Å². The molecule has 1 amide bonds. The van der Waals surface area contributed by atoms with E-state index in [1.165, 1.54) is 5.56 Å². The smallest absolute Gasteiger partial charge is 0.246 e. The summed E-state index contributed by atoms with van der Waals surface area (Å²) in [6.45, 7) is 5.02. The van der Waals surface area contributed by atoms with Crippen LogP contribution in [0.2, 0.25) is 0 Å². The lowest BCUT2D eigenvalue weighted by molar-refractivity contribution is -0.126. The fraction of sp³-hybridized carbons (Fsp3) is 0.278. The molecular weight excluding hydrogens is 288 g/mol. The number of anilines is 1. The van der Waals surface area contributed by atoms with Crippen LogP contribution >= 0.6 is 0 Å². The third kappa shape index (κ3) is 3.94. The summed E-state index contributed by atoms with van der Waals surface area (Å²) < 4.78 is 0. The Hall–Kier alpha value is -2.69. The van der Waals surface area contributed by atoms with Gasteiger partial charge in [-0.05, 0) is 18.6 Å².